The van der Waals surface area contributed by atoms with E-state index in [9.17, 15) is 18.4 Å². The number of aromatic nitrogens is 2. The van der Waals surface area contributed by atoms with E-state index in [1.54, 1.807) is 23.1 Å². The van der Waals surface area contributed by atoms with E-state index in [4.69, 9.17) is 0 Å². The molecule has 2 aromatic carbocycles. The summed E-state index contributed by atoms with van der Waals surface area (Å²) in [6.07, 6.45) is 0. The third kappa shape index (κ3) is 5.40. The van der Waals surface area contributed by atoms with E-state index in [0.717, 1.165) is 11.3 Å². The summed E-state index contributed by atoms with van der Waals surface area (Å²) in [6, 6.07) is 12.0. The molecule has 7 nitrogen and oxygen atoms in total. The molecule has 1 aliphatic rings. The van der Waals surface area contributed by atoms with Crippen molar-refractivity contribution < 1.29 is 18.4 Å². The summed E-state index contributed by atoms with van der Waals surface area (Å²) in [6.45, 7) is 2.14. The minimum absolute atomic E-state index is 0.0457. The maximum Gasteiger partial charge on any atom is 0.286 e. The summed E-state index contributed by atoms with van der Waals surface area (Å²) in [5.74, 6) is -0.977. The largest absolute Gasteiger partial charge is 0.366 e. The van der Waals surface area contributed by atoms with Crippen LogP contribution in [-0.4, -0.2) is 58.8 Å². The average Bonchev–Trinajstić information content (AvgIpc) is 3.29. The van der Waals surface area contributed by atoms with Crippen LogP contribution < -0.4 is 10.2 Å². The van der Waals surface area contributed by atoms with Gasteiger partial charge < -0.3 is 15.1 Å². The highest BCUT2D eigenvalue weighted by atomic mass is 32.2. The zero-order valence-electron chi connectivity index (χ0n) is 16.8. The molecule has 2 amide bonds. The lowest BCUT2D eigenvalue weighted by atomic mass is 10.2. The summed E-state index contributed by atoms with van der Waals surface area (Å²) in [5.41, 5.74) is 1.000. The highest BCUT2D eigenvalue weighted by Crippen LogP contribution is 2.24. The van der Waals surface area contributed by atoms with E-state index >= 15 is 0 Å². The fraction of sp³-hybridized carbons (Fsp3) is 0.238. The van der Waals surface area contributed by atoms with E-state index in [1.807, 2.05) is 4.90 Å². The zero-order valence-corrected chi connectivity index (χ0v) is 18.5. The Morgan fingerprint density at radius 2 is 1.72 bits per heavy atom. The van der Waals surface area contributed by atoms with Crippen LogP contribution in [0.2, 0.25) is 0 Å². The SMILES string of the molecule is O=C(Nc1ccc(F)cc1)c1nnc(SCC(=O)N2CCN(c3ccccc3F)CC2)s1. The molecular formula is C21H19F2N5O2S2. The number of amides is 2. The fourth-order valence-electron chi connectivity index (χ4n) is 3.20. The molecule has 1 aromatic heterocycles. The Labute approximate surface area is 191 Å². The smallest absolute Gasteiger partial charge is 0.286 e. The number of rotatable bonds is 6. The van der Waals surface area contributed by atoms with E-state index in [1.165, 1.54) is 42.1 Å². The number of benzene rings is 2. The van der Waals surface area contributed by atoms with Gasteiger partial charge in [0.15, 0.2) is 4.34 Å². The third-order valence-electron chi connectivity index (χ3n) is 4.85. The molecule has 2 heterocycles. The molecule has 3 aromatic rings. The van der Waals surface area contributed by atoms with Crippen LogP contribution in [-0.2, 0) is 4.79 Å². The highest BCUT2D eigenvalue weighted by Gasteiger charge is 2.23. The van der Waals surface area contributed by atoms with E-state index in [-0.39, 0.29) is 22.5 Å². The maximum absolute atomic E-state index is 14.0. The third-order valence-corrected chi connectivity index (χ3v) is 6.89. The number of thioether (sulfide) groups is 1. The standard InChI is InChI=1S/C21H19F2N5O2S2/c22-14-5-7-15(8-6-14)24-19(30)20-25-26-21(32-20)31-13-18(29)28-11-9-27(10-12-28)17-4-2-1-3-16(17)23/h1-8H,9-13H2,(H,24,30). The minimum Gasteiger partial charge on any atom is -0.366 e. The quantitative estimate of drug-likeness (QED) is 0.550. The van der Waals surface area contributed by atoms with E-state index < -0.39 is 11.7 Å². The van der Waals surface area contributed by atoms with Gasteiger partial charge in [0, 0.05) is 31.9 Å². The van der Waals surface area contributed by atoms with E-state index in [0.29, 0.717) is 41.9 Å². The van der Waals surface area contributed by atoms with Crippen LogP contribution in [0.1, 0.15) is 9.80 Å². The molecule has 32 heavy (non-hydrogen) atoms. The van der Waals surface area contributed by atoms with Crippen molar-refractivity contribution in [3.05, 3.63) is 65.2 Å². The predicted octanol–water partition coefficient (Wildman–Crippen LogP) is 3.51. The molecule has 0 saturated carbocycles. The van der Waals surface area contributed by atoms with Crippen LogP contribution in [0.4, 0.5) is 20.2 Å². The second kappa shape index (κ2) is 10.0. The number of para-hydroxylation sites is 1. The number of hydrogen-bond acceptors (Lipinski definition) is 7. The number of halogens is 2. The van der Waals surface area contributed by atoms with Crippen molar-refractivity contribution in [1.29, 1.82) is 0 Å². The molecule has 0 aliphatic carbocycles. The molecule has 4 rings (SSSR count). The lowest BCUT2D eigenvalue weighted by Crippen LogP contribution is -2.49. The van der Waals surface area contributed by atoms with Crippen LogP contribution in [0, 0.1) is 11.6 Å². The lowest BCUT2D eigenvalue weighted by molar-refractivity contribution is -0.128. The minimum atomic E-state index is -0.448. The summed E-state index contributed by atoms with van der Waals surface area (Å²) in [7, 11) is 0. The summed E-state index contributed by atoms with van der Waals surface area (Å²) >= 11 is 2.30. The van der Waals surface area contributed by atoms with Gasteiger partial charge in [-0.3, -0.25) is 9.59 Å². The second-order valence-electron chi connectivity index (χ2n) is 6.94. The topological polar surface area (TPSA) is 78.4 Å². The molecule has 1 fully saturated rings. The van der Waals surface area contributed by atoms with Crippen LogP contribution in [0.25, 0.3) is 0 Å². The van der Waals surface area contributed by atoms with Crippen molar-refractivity contribution in [2.24, 2.45) is 0 Å². The van der Waals surface area contributed by atoms with Gasteiger partial charge in [0.05, 0.1) is 11.4 Å². The summed E-state index contributed by atoms with van der Waals surface area (Å²) < 4.78 is 27.4. The predicted molar refractivity (Wildman–Crippen MR) is 120 cm³/mol. The Bertz CT molecular complexity index is 1100. The first-order valence-electron chi connectivity index (χ1n) is 9.80. The van der Waals surface area contributed by atoms with Crippen molar-refractivity contribution in [1.82, 2.24) is 15.1 Å². The first-order chi connectivity index (χ1) is 15.5. The summed E-state index contributed by atoms with van der Waals surface area (Å²) in [5, 5.41) is 10.6. The van der Waals surface area contributed by atoms with Crippen molar-refractivity contribution in [3.8, 4) is 0 Å². The van der Waals surface area contributed by atoms with Crippen LogP contribution >= 0.6 is 23.1 Å². The molecule has 1 aliphatic heterocycles. The Hall–Kier alpha value is -3.05. The lowest BCUT2D eigenvalue weighted by Gasteiger charge is -2.36. The molecule has 0 unspecified atom stereocenters. The zero-order chi connectivity index (χ0) is 22.5. The van der Waals surface area contributed by atoms with Crippen LogP contribution in [0.3, 0.4) is 0 Å². The monoisotopic (exact) mass is 475 g/mol. The van der Waals surface area contributed by atoms with Crippen molar-refractivity contribution in [2.45, 2.75) is 4.34 Å². The first kappa shape index (κ1) is 22.2. The number of nitrogens with zero attached hydrogens (tertiary/aromatic N) is 4. The van der Waals surface area contributed by atoms with Crippen molar-refractivity contribution >= 4 is 46.3 Å². The van der Waals surface area contributed by atoms with E-state index in [2.05, 4.69) is 15.5 Å². The molecule has 0 radical (unpaired) electrons. The van der Waals surface area contributed by atoms with Gasteiger partial charge in [-0.1, -0.05) is 35.2 Å². The molecule has 0 spiro atoms. The highest BCUT2D eigenvalue weighted by molar-refractivity contribution is 8.01. The second-order valence-corrected chi connectivity index (χ2v) is 9.14. The van der Waals surface area contributed by atoms with Crippen LogP contribution in [0.5, 0.6) is 0 Å². The molecule has 166 valence electrons. The average molecular weight is 476 g/mol. The maximum atomic E-state index is 14.0. The van der Waals surface area contributed by atoms with Gasteiger partial charge in [0.2, 0.25) is 10.9 Å². The number of carbonyl (C=O) groups is 2. The Balaban J connectivity index is 1.25. The van der Waals surface area contributed by atoms with Gasteiger partial charge in [-0.15, -0.1) is 10.2 Å². The number of carbonyl (C=O) groups excluding carboxylic acids is 2. The van der Waals surface area contributed by atoms with Gasteiger partial charge in [-0.25, -0.2) is 8.78 Å². The van der Waals surface area contributed by atoms with Gasteiger partial charge in [-0.2, -0.15) is 0 Å². The number of nitrogens with one attached hydrogen (secondary N) is 1. The summed E-state index contributed by atoms with van der Waals surface area (Å²) in [4.78, 5) is 28.5. The number of piperazine rings is 1. The van der Waals surface area contributed by atoms with Crippen LogP contribution in [0.15, 0.2) is 52.9 Å². The number of hydrogen-bond donors (Lipinski definition) is 1. The van der Waals surface area contributed by atoms with Gasteiger partial charge in [0.25, 0.3) is 5.91 Å². The van der Waals surface area contributed by atoms with Gasteiger partial charge in [-0.05, 0) is 36.4 Å². The Kier molecular flexibility index (Phi) is 6.96. The normalized spacial score (nSPS) is 13.8. The molecule has 1 N–H and O–H groups in total. The Morgan fingerprint density at radius 1 is 1.00 bits per heavy atom. The Morgan fingerprint density at radius 3 is 2.44 bits per heavy atom. The van der Waals surface area contributed by atoms with Crippen molar-refractivity contribution in [2.75, 3.05) is 42.1 Å². The first-order valence-corrected chi connectivity index (χ1v) is 11.6. The van der Waals surface area contributed by atoms with Gasteiger partial charge >= 0.3 is 0 Å². The number of anilines is 2. The molecule has 0 bridgehead atoms. The van der Waals surface area contributed by atoms with Crippen molar-refractivity contribution in [3.63, 3.8) is 0 Å². The molecule has 11 heteroatoms. The fourth-order valence-corrected chi connectivity index (χ4v) is 4.85. The molecular weight excluding hydrogens is 456 g/mol. The molecule has 0 atom stereocenters. The van der Waals surface area contributed by atoms with Gasteiger partial charge in [0.1, 0.15) is 11.6 Å². The molecule has 1 saturated heterocycles.